The number of carbonyl (C=O) groups excluding carboxylic acids is 1. The molecule has 3 aromatic rings. The lowest BCUT2D eigenvalue weighted by Crippen LogP contribution is -2.23. The number of carbonyl (C=O) groups is 1. The summed E-state index contributed by atoms with van der Waals surface area (Å²) in [5.74, 6) is -1.59. The van der Waals surface area contributed by atoms with E-state index in [2.05, 4.69) is 10.3 Å². The van der Waals surface area contributed by atoms with E-state index >= 15 is 0 Å². The Balaban J connectivity index is 1.77. The van der Waals surface area contributed by atoms with Gasteiger partial charge in [0.05, 0.1) is 5.56 Å². The molecule has 1 amide bonds. The average Bonchev–Trinajstić information content (AvgIpc) is 2.67. The molecule has 3 rings (SSSR count). The Morgan fingerprint density at radius 1 is 1.03 bits per heavy atom. The van der Waals surface area contributed by atoms with Crippen LogP contribution in [0.1, 0.15) is 21.5 Å². The van der Waals surface area contributed by atoms with Crippen molar-refractivity contribution in [2.75, 3.05) is 0 Å². The van der Waals surface area contributed by atoms with Crippen molar-refractivity contribution in [2.45, 2.75) is 12.7 Å². The molecule has 0 unspecified atom stereocenters. The Morgan fingerprint density at radius 2 is 1.72 bits per heavy atom. The van der Waals surface area contributed by atoms with Crippen LogP contribution >= 0.6 is 0 Å². The topological polar surface area (TPSA) is 91.7 Å². The second-order valence-corrected chi connectivity index (χ2v) is 5.95. The SMILES string of the molecule is O=C(NCc1cccnc1Oc1cccc(C(F)(F)F)c1)c1c(O)cccc1O. The van der Waals surface area contributed by atoms with Gasteiger partial charge in [0.1, 0.15) is 22.8 Å². The van der Waals surface area contributed by atoms with E-state index < -0.39 is 29.1 Å². The van der Waals surface area contributed by atoms with E-state index in [4.69, 9.17) is 4.74 Å². The standard InChI is InChI=1S/C20H15F3N2O4/c21-20(22,23)13-5-1-6-14(10-13)29-19-12(4-3-9-24-19)11-25-18(28)17-15(26)7-2-8-16(17)27/h1-10,26-27H,11H2,(H,25,28). The zero-order valence-electron chi connectivity index (χ0n) is 14.8. The highest BCUT2D eigenvalue weighted by molar-refractivity contribution is 5.99. The normalized spacial score (nSPS) is 11.1. The van der Waals surface area contributed by atoms with Crippen molar-refractivity contribution < 1.29 is 32.9 Å². The number of amides is 1. The van der Waals surface area contributed by atoms with Gasteiger partial charge in [0.15, 0.2) is 0 Å². The van der Waals surface area contributed by atoms with Gasteiger partial charge >= 0.3 is 6.18 Å². The molecule has 6 nitrogen and oxygen atoms in total. The van der Waals surface area contributed by atoms with E-state index in [1.54, 1.807) is 12.1 Å². The minimum absolute atomic E-state index is 0.00799. The van der Waals surface area contributed by atoms with Crippen molar-refractivity contribution >= 4 is 5.91 Å². The number of phenolic OH excluding ortho intramolecular Hbond substituents is 2. The third kappa shape index (κ3) is 4.75. The predicted molar refractivity (Wildman–Crippen MR) is 96.7 cm³/mol. The van der Waals surface area contributed by atoms with Crippen LogP contribution in [0.4, 0.5) is 13.2 Å². The Hall–Kier alpha value is -3.75. The number of alkyl halides is 3. The molecule has 0 saturated heterocycles. The van der Waals surface area contributed by atoms with Gasteiger partial charge in [-0.25, -0.2) is 4.98 Å². The lowest BCUT2D eigenvalue weighted by molar-refractivity contribution is -0.137. The van der Waals surface area contributed by atoms with Crippen molar-refractivity contribution in [3.05, 3.63) is 77.5 Å². The summed E-state index contributed by atoms with van der Waals surface area (Å²) >= 11 is 0. The molecule has 1 heterocycles. The molecule has 2 aromatic carbocycles. The van der Waals surface area contributed by atoms with Crippen molar-refractivity contribution in [2.24, 2.45) is 0 Å². The molecule has 150 valence electrons. The van der Waals surface area contributed by atoms with Crippen LogP contribution in [0.15, 0.2) is 60.8 Å². The number of phenols is 2. The van der Waals surface area contributed by atoms with Gasteiger partial charge in [0.2, 0.25) is 5.88 Å². The molecule has 0 radical (unpaired) electrons. The fraction of sp³-hybridized carbons (Fsp3) is 0.100. The molecule has 0 aliphatic carbocycles. The molecular formula is C20H15F3N2O4. The minimum Gasteiger partial charge on any atom is -0.507 e. The number of halogens is 3. The molecule has 29 heavy (non-hydrogen) atoms. The molecule has 0 atom stereocenters. The van der Waals surface area contributed by atoms with Gasteiger partial charge in [-0.2, -0.15) is 13.2 Å². The van der Waals surface area contributed by atoms with Crippen LogP contribution in [0.3, 0.4) is 0 Å². The van der Waals surface area contributed by atoms with Gasteiger partial charge in [0.25, 0.3) is 5.91 Å². The van der Waals surface area contributed by atoms with E-state index in [0.29, 0.717) is 5.56 Å². The van der Waals surface area contributed by atoms with Gasteiger partial charge in [-0.15, -0.1) is 0 Å². The zero-order valence-corrected chi connectivity index (χ0v) is 14.8. The lowest BCUT2D eigenvalue weighted by Gasteiger charge is -2.13. The summed E-state index contributed by atoms with van der Waals surface area (Å²) in [6.07, 6.45) is -3.12. The number of aromatic hydroxyl groups is 2. The molecule has 0 aliphatic heterocycles. The van der Waals surface area contributed by atoms with Crippen molar-refractivity contribution in [1.29, 1.82) is 0 Å². The van der Waals surface area contributed by atoms with Crippen LogP contribution < -0.4 is 10.1 Å². The van der Waals surface area contributed by atoms with Crippen LogP contribution in [-0.2, 0) is 12.7 Å². The summed E-state index contributed by atoms with van der Waals surface area (Å²) in [4.78, 5) is 16.3. The number of pyridine rings is 1. The molecule has 0 saturated carbocycles. The van der Waals surface area contributed by atoms with E-state index in [9.17, 15) is 28.2 Å². The molecule has 3 N–H and O–H groups in total. The molecule has 0 aliphatic rings. The Labute approximate surface area is 163 Å². The first kappa shape index (κ1) is 20.0. The highest BCUT2D eigenvalue weighted by Gasteiger charge is 2.30. The largest absolute Gasteiger partial charge is 0.507 e. The number of ether oxygens (including phenoxy) is 1. The maximum absolute atomic E-state index is 12.9. The quantitative estimate of drug-likeness (QED) is 0.592. The summed E-state index contributed by atoms with van der Waals surface area (Å²) in [6.45, 7) is -0.102. The monoisotopic (exact) mass is 404 g/mol. The molecule has 0 bridgehead atoms. The summed E-state index contributed by atoms with van der Waals surface area (Å²) in [6, 6.07) is 11.3. The van der Waals surface area contributed by atoms with Crippen molar-refractivity contribution in [3.63, 3.8) is 0 Å². The van der Waals surface area contributed by atoms with Crippen LogP contribution in [0.5, 0.6) is 23.1 Å². The molecular weight excluding hydrogens is 389 g/mol. The van der Waals surface area contributed by atoms with Crippen LogP contribution in [-0.4, -0.2) is 21.1 Å². The fourth-order valence-corrected chi connectivity index (χ4v) is 2.52. The first-order valence-corrected chi connectivity index (χ1v) is 8.34. The Bertz CT molecular complexity index is 1020. The fourth-order valence-electron chi connectivity index (χ4n) is 2.52. The number of hydrogen-bond acceptors (Lipinski definition) is 5. The molecule has 9 heteroatoms. The maximum Gasteiger partial charge on any atom is 0.416 e. The van der Waals surface area contributed by atoms with Crippen LogP contribution in [0, 0.1) is 0 Å². The van der Waals surface area contributed by atoms with Crippen LogP contribution in [0.25, 0.3) is 0 Å². The Morgan fingerprint density at radius 3 is 2.41 bits per heavy atom. The number of benzene rings is 2. The van der Waals surface area contributed by atoms with E-state index in [1.165, 1.54) is 36.5 Å². The van der Waals surface area contributed by atoms with Gasteiger partial charge in [-0.1, -0.05) is 18.2 Å². The predicted octanol–water partition coefficient (Wildman–Crippen LogP) is 4.23. The second-order valence-electron chi connectivity index (χ2n) is 5.95. The molecule has 1 aromatic heterocycles. The summed E-state index contributed by atoms with van der Waals surface area (Å²) in [5, 5.41) is 22.0. The maximum atomic E-state index is 12.9. The number of aromatic nitrogens is 1. The second kappa shape index (κ2) is 8.09. The number of nitrogens with one attached hydrogen (secondary N) is 1. The van der Waals surface area contributed by atoms with Gasteiger partial charge in [-0.05, 0) is 36.4 Å². The van der Waals surface area contributed by atoms with Crippen molar-refractivity contribution in [3.8, 4) is 23.1 Å². The first-order valence-electron chi connectivity index (χ1n) is 8.34. The lowest BCUT2D eigenvalue weighted by atomic mass is 10.1. The Kier molecular flexibility index (Phi) is 5.58. The summed E-state index contributed by atoms with van der Waals surface area (Å²) in [7, 11) is 0. The van der Waals surface area contributed by atoms with Gasteiger partial charge in [0, 0.05) is 18.3 Å². The number of nitrogens with zero attached hydrogens (tertiary/aromatic N) is 1. The summed E-state index contributed by atoms with van der Waals surface area (Å²) in [5.41, 5.74) is -0.777. The number of hydrogen-bond donors (Lipinski definition) is 3. The van der Waals surface area contributed by atoms with Crippen molar-refractivity contribution in [1.82, 2.24) is 10.3 Å². The van der Waals surface area contributed by atoms with Crippen LogP contribution in [0.2, 0.25) is 0 Å². The van der Waals surface area contributed by atoms with Gasteiger partial charge < -0.3 is 20.3 Å². The van der Waals surface area contributed by atoms with E-state index in [-0.39, 0.29) is 23.7 Å². The minimum atomic E-state index is -4.51. The zero-order chi connectivity index (χ0) is 21.0. The van der Waals surface area contributed by atoms with E-state index in [0.717, 1.165) is 12.1 Å². The smallest absolute Gasteiger partial charge is 0.416 e. The first-order chi connectivity index (χ1) is 13.8. The van der Waals surface area contributed by atoms with Gasteiger partial charge in [-0.3, -0.25) is 4.79 Å². The number of rotatable bonds is 5. The molecule has 0 spiro atoms. The van der Waals surface area contributed by atoms with E-state index in [1.807, 2.05) is 0 Å². The molecule has 0 fully saturated rings. The highest BCUT2D eigenvalue weighted by Crippen LogP contribution is 2.33. The average molecular weight is 404 g/mol. The highest BCUT2D eigenvalue weighted by atomic mass is 19.4. The summed E-state index contributed by atoms with van der Waals surface area (Å²) < 4.78 is 44.1. The third-order valence-electron chi connectivity index (χ3n) is 3.91. The third-order valence-corrected chi connectivity index (χ3v) is 3.91.